The summed E-state index contributed by atoms with van der Waals surface area (Å²) in [4.78, 5) is 6.63. The van der Waals surface area contributed by atoms with Crippen molar-refractivity contribution < 1.29 is 4.74 Å². The van der Waals surface area contributed by atoms with Gasteiger partial charge in [0, 0.05) is 31.7 Å². The van der Waals surface area contributed by atoms with Crippen molar-refractivity contribution in [3.63, 3.8) is 0 Å². The molecular weight excluding hydrogens is 202 g/mol. The smallest absolute Gasteiger partial charge is 0.139 e. The fourth-order valence-corrected chi connectivity index (χ4v) is 2.74. The predicted octanol–water partition coefficient (Wildman–Crippen LogP) is 0.888. The quantitative estimate of drug-likeness (QED) is 0.801. The first-order chi connectivity index (χ1) is 7.85. The van der Waals surface area contributed by atoms with Gasteiger partial charge in [-0.25, -0.2) is 0 Å². The van der Waals surface area contributed by atoms with Gasteiger partial charge in [-0.2, -0.15) is 0 Å². The Morgan fingerprint density at radius 1 is 1.44 bits per heavy atom. The van der Waals surface area contributed by atoms with Crippen molar-refractivity contribution in [3.8, 4) is 5.75 Å². The molecule has 0 radical (unpaired) electrons. The largest absolute Gasteiger partial charge is 0.495 e. The Kier molecular flexibility index (Phi) is 2.44. The summed E-state index contributed by atoms with van der Waals surface area (Å²) in [5.74, 6) is 1.63. The van der Waals surface area contributed by atoms with E-state index in [1.807, 2.05) is 6.20 Å². The number of hydrogen-bond donors (Lipinski definition) is 1. The highest BCUT2D eigenvalue weighted by Crippen LogP contribution is 2.28. The maximum Gasteiger partial charge on any atom is 0.139 e. The van der Waals surface area contributed by atoms with Gasteiger partial charge in [0.2, 0.25) is 0 Å². The molecule has 2 saturated heterocycles. The van der Waals surface area contributed by atoms with Gasteiger partial charge in [-0.1, -0.05) is 0 Å². The number of piperidine rings is 1. The van der Waals surface area contributed by atoms with E-state index in [1.54, 1.807) is 13.3 Å². The van der Waals surface area contributed by atoms with Crippen LogP contribution in [0.25, 0.3) is 0 Å². The highest BCUT2D eigenvalue weighted by atomic mass is 16.5. The van der Waals surface area contributed by atoms with Crippen LogP contribution in [0.15, 0.2) is 18.5 Å². The number of anilines is 1. The van der Waals surface area contributed by atoms with E-state index >= 15 is 0 Å². The number of pyridine rings is 1. The molecule has 3 rings (SSSR count). The number of hydrogen-bond acceptors (Lipinski definition) is 4. The number of nitrogens with one attached hydrogen (secondary N) is 1. The Balaban J connectivity index is 1.81. The standard InChI is InChI=1S/C12H17N3O/c1-16-12-3-11(5-13-6-12)15-7-9-2-10(8-15)14-4-9/h3,5-6,9-10,14H,2,4,7-8H2,1H3. The van der Waals surface area contributed by atoms with Gasteiger partial charge in [-0.05, 0) is 12.3 Å². The van der Waals surface area contributed by atoms with Crippen LogP contribution in [0.2, 0.25) is 0 Å². The van der Waals surface area contributed by atoms with E-state index in [9.17, 15) is 0 Å². The van der Waals surface area contributed by atoms with E-state index in [4.69, 9.17) is 4.74 Å². The molecule has 4 heteroatoms. The van der Waals surface area contributed by atoms with Crippen molar-refractivity contribution in [2.75, 3.05) is 31.6 Å². The van der Waals surface area contributed by atoms with Gasteiger partial charge >= 0.3 is 0 Å². The second-order valence-electron chi connectivity index (χ2n) is 4.69. The molecule has 4 nitrogen and oxygen atoms in total. The van der Waals surface area contributed by atoms with Gasteiger partial charge in [0.25, 0.3) is 0 Å². The zero-order chi connectivity index (χ0) is 11.0. The lowest BCUT2D eigenvalue weighted by atomic mass is 10.00. The number of nitrogens with zero attached hydrogens (tertiary/aromatic N) is 2. The summed E-state index contributed by atoms with van der Waals surface area (Å²) >= 11 is 0. The lowest BCUT2D eigenvalue weighted by Gasteiger charge is -2.32. The van der Waals surface area contributed by atoms with Crippen LogP contribution >= 0.6 is 0 Å². The molecule has 2 fully saturated rings. The molecule has 16 heavy (non-hydrogen) atoms. The minimum absolute atomic E-state index is 0.657. The van der Waals surface area contributed by atoms with Crippen LogP contribution in [0.1, 0.15) is 6.42 Å². The molecule has 1 aromatic rings. The third-order valence-electron chi connectivity index (χ3n) is 3.53. The number of fused-ring (bicyclic) bond motifs is 2. The average molecular weight is 219 g/mol. The fraction of sp³-hybridized carbons (Fsp3) is 0.583. The molecule has 0 saturated carbocycles. The van der Waals surface area contributed by atoms with Crippen LogP contribution in [0.5, 0.6) is 5.75 Å². The van der Waals surface area contributed by atoms with E-state index in [0.717, 1.165) is 24.8 Å². The molecule has 0 aromatic carbocycles. The molecular formula is C12H17N3O. The third-order valence-corrected chi connectivity index (χ3v) is 3.53. The Hall–Kier alpha value is -1.29. The molecule has 2 aliphatic rings. The predicted molar refractivity (Wildman–Crippen MR) is 62.9 cm³/mol. The van der Waals surface area contributed by atoms with Crippen LogP contribution in [-0.4, -0.2) is 37.8 Å². The molecule has 0 amide bonds. The zero-order valence-corrected chi connectivity index (χ0v) is 9.52. The van der Waals surface area contributed by atoms with E-state index in [1.165, 1.54) is 18.7 Å². The van der Waals surface area contributed by atoms with Gasteiger partial charge in [-0.3, -0.25) is 4.98 Å². The first-order valence-electron chi connectivity index (χ1n) is 5.82. The number of aromatic nitrogens is 1. The topological polar surface area (TPSA) is 37.4 Å². The number of methoxy groups -OCH3 is 1. The lowest BCUT2D eigenvalue weighted by Crippen LogP contribution is -2.41. The highest BCUT2D eigenvalue weighted by molar-refractivity contribution is 5.49. The van der Waals surface area contributed by atoms with Gasteiger partial charge in [0.15, 0.2) is 0 Å². The second kappa shape index (κ2) is 3.94. The van der Waals surface area contributed by atoms with E-state index in [0.29, 0.717) is 6.04 Å². The van der Waals surface area contributed by atoms with E-state index in [2.05, 4.69) is 21.3 Å². The Morgan fingerprint density at radius 2 is 2.38 bits per heavy atom. The minimum Gasteiger partial charge on any atom is -0.495 e. The van der Waals surface area contributed by atoms with Gasteiger partial charge in [-0.15, -0.1) is 0 Å². The monoisotopic (exact) mass is 219 g/mol. The van der Waals surface area contributed by atoms with Crippen molar-refractivity contribution in [3.05, 3.63) is 18.5 Å². The molecule has 0 spiro atoms. The molecule has 2 bridgehead atoms. The molecule has 1 aromatic heterocycles. The van der Waals surface area contributed by atoms with Gasteiger partial charge in [0.1, 0.15) is 5.75 Å². The molecule has 3 heterocycles. The zero-order valence-electron chi connectivity index (χ0n) is 9.52. The molecule has 2 aliphatic heterocycles. The maximum atomic E-state index is 5.21. The SMILES string of the molecule is COc1cncc(N2CC3CNC(C3)C2)c1. The maximum absolute atomic E-state index is 5.21. The number of ether oxygens (including phenoxy) is 1. The molecule has 2 unspecified atom stereocenters. The number of rotatable bonds is 2. The fourth-order valence-electron chi connectivity index (χ4n) is 2.74. The first-order valence-corrected chi connectivity index (χ1v) is 5.82. The van der Waals surface area contributed by atoms with Crippen molar-refractivity contribution in [2.45, 2.75) is 12.5 Å². The second-order valence-corrected chi connectivity index (χ2v) is 4.69. The Labute approximate surface area is 95.6 Å². The van der Waals surface area contributed by atoms with Crippen LogP contribution in [0.3, 0.4) is 0 Å². The van der Waals surface area contributed by atoms with Crippen molar-refractivity contribution in [1.82, 2.24) is 10.3 Å². The summed E-state index contributed by atoms with van der Waals surface area (Å²) in [5, 5.41) is 3.55. The van der Waals surface area contributed by atoms with Crippen molar-refractivity contribution >= 4 is 5.69 Å². The minimum atomic E-state index is 0.657. The summed E-state index contributed by atoms with van der Waals surface area (Å²) in [6.45, 7) is 3.39. The summed E-state index contributed by atoms with van der Waals surface area (Å²) in [7, 11) is 1.68. The third kappa shape index (κ3) is 1.73. The normalized spacial score (nSPS) is 28.2. The average Bonchev–Trinajstić information content (AvgIpc) is 2.68. The molecule has 0 aliphatic carbocycles. The van der Waals surface area contributed by atoms with E-state index in [-0.39, 0.29) is 0 Å². The molecule has 1 N–H and O–H groups in total. The molecule has 86 valence electrons. The van der Waals surface area contributed by atoms with Crippen molar-refractivity contribution in [2.24, 2.45) is 5.92 Å². The van der Waals surface area contributed by atoms with E-state index < -0.39 is 0 Å². The molecule has 2 atom stereocenters. The first kappa shape index (κ1) is 9.90. The van der Waals surface area contributed by atoms with Gasteiger partial charge < -0.3 is 15.0 Å². The summed E-state index contributed by atoms with van der Waals surface area (Å²) in [5.41, 5.74) is 1.18. The van der Waals surface area contributed by atoms with Crippen LogP contribution in [0.4, 0.5) is 5.69 Å². The summed E-state index contributed by atoms with van der Waals surface area (Å²) < 4.78 is 5.21. The Morgan fingerprint density at radius 3 is 3.19 bits per heavy atom. The lowest BCUT2D eigenvalue weighted by molar-refractivity contribution is 0.412. The summed E-state index contributed by atoms with van der Waals surface area (Å²) in [6, 6.07) is 2.72. The van der Waals surface area contributed by atoms with Crippen LogP contribution < -0.4 is 15.0 Å². The van der Waals surface area contributed by atoms with Crippen LogP contribution in [0, 0.1) is 5.92 Å². The van der Waals surface area contributed by atoms with Crippen LogP contribution in [-0.2, 0) is 0 Å². The highest BCUT2D eigenvalue weighted by Gasteiger charge is 2.32. The van der Waals surface area contributed by atoms with Crippen molar-refractivity contribution in [1.29, 1.82) is 0 Å². The van der Waals surface area contributed by atoms with Gasteiger partial charge in [0.05, 0.1) is 25.2 Å². The summed E-state index contributed by atoms with van der Waals surface area (Å²) in [6.07, 6.45) is 5.00. The Bertz CT molecular complexity index is 370.